The summed E-state index contributed by atoms with van der Waals surface area (Å²) in [6, 6.07) is 6.53. The molecule has 1 aliphatic heterocycles. The van der Waals surface area contributed by atoms with Crippen molar-refractivity contribution in [3.63, 3.8) is 0 Å². The summed E-state index contributed by atoms with van der Waals surface area (Å²) in [5, 5.41) is 3.42. The molecule has 4 rings (SSSR count). The number of fused-ring (bicyclic) bond motifs is 1. The number of hydrogen-bond acceptors (Lipinski definition) is 3. The maximum atomic E-state index is 4.80. The van der Waals surface area contributed by atoms with Crippen LogP contribution in [0.5, 0.6) is 0 Å². The normalized spacial score (nSPS) is 20.4. The molecule has 4 nitrogen and oxygen atoms in total. The molecule has 2 fully saturated rings. The average molecular weight is 335 g/mol. The van der Waals surface area contributed by atoms with Crippen molar-refractivity contribution in [3.8, 4) is 0 Å². The number of anilines is 1. The number of aromatic nitrogens is 2. The molecule has 2 aromatic rings. The lowest BCUT2D eigenvalue weighted by Gasteiger charge is -2.31. The van der Waals surface area contributed by atoms with Gasteiger partial charge in [-0.05, 0) is 40.9 Å². The molecule has 1 saturated carbocycles. The molecule has 1 saturated heterocycles. The number of piperazine rings is 1. The van der Waals surface area contributed by atoms with Gasteiger partial charge < -0.3 is 10.2 Å². The maximum Gasteiger partial charge on any atom is 0.132 e. The fraction of sp³-hybridized carbons (Fsp3) is 0.533. The van der Waals surface area contributed by atoms with Crippen molar-refractivity contribution in [2.75, 3.05) is 31.1 Å². The molecule has 0 unspecified atom stereocenters. The summed E-state index contributed by atoms with van der Waals surface area (Å²) < 4.78 is 3.36. The molecule has 0 radical (unpaired) electrons. The van der Waals surface area contributed by atoms with Gasteiger partial charge in [-0.3, -0.25) is 4.40 Å². The van der Waals surface area contributed by atoms with Gasteiger partial charge in [0.1, 0.15) is 16.2 Å². The Kier molecular flexibility index (Phi) is 3.19. The highest BCUT2D eigenvalue weighted by Gasteiger charge is 2.27. The SMILES string of the molecule is Brc1nc(C2CCC2)n2c(N3CCNCC3)cccc12. The van der Waals surface area contributed by atoms with Gasteiger partial charge >= 0.3 is 0 Å². The summed E-state index contributed by atoms with van der Waals surface area (Å²) >= 11 is 3.63. The molecule has 0 spiro atoms. The summed E-state index contributed by atoms with van der Waals surface area (Å²) in [5.41, 5.74) is 1.20. The van der Waals surface area contributed by atoms with Crippen molar-refractivity contribution in [1.82, 2.24) is 14.7 Å². The maximum absolute atomic E-state index is 4.80. The van der Waals surface area contributed by atoms with Crippen LogP contribution >= 0.6 is 15.9 Å². The van der Waals surface area contributed by atoms with E-state index in [9.17, 15) is 0 Å². The second-order valence-electron chi connectivity index (χ2n) is 5.73. The molecule has 0 atom stereocenters. The highest BCUT2D eigenvalue weighted by molar-refractivity contribution is 9.10. The van der Waals surface area contributed by atoms with Gasteiger partial charge in [-0.25, -0.2) is 4.98 Å². The smallest absolute Gasteiger partial charge is 0.132 e. The van der Waals surface area contributed by atoms with Gasteiger partial charge in [0.05, 0.1) is 5.52 Å². The summed E-state index contributed by atoms with van der Waals surface area (Å²) in [7, 11) is 0. The Bertz CT molecular complexity index is 626. The minimum Gasteiger partial charge on any atom is -0.355 e. The largest absolute Gasteiger partial charge is 0.355 e. The van der Waals surface area contributed by atoms with Crippen LogP contribution < -0.4 is 10.2 Å². The van der Waals surface area contributed by atoms with Crippen LogP contribution in [0.4, 0.5) is 5.82 Å². The minimum atomic E-state index is 0.637. The second kappa shape index (κ2) is 5.04. The van der Waals surface area contributed by atoms with E-state index in [1.54, 1.807) is 0 Å². The summed E-state index contributed by atoms with van der Waals surface area (Å²) in [6.45, 7) is 4.26. The number of rotatable bonds is 2. The molecule has 2 aromatic heterocycles. The first-order valence-electron chi connectivity index (χ1n) is 7.47. The molecule has 0 amide bonds. The molecule has 1 aliphatic carbocycles. The molecule has 2 aliphatic rings. The third-order valence-electron chi connectivity index (χ3n) is 4.53. The zero-order chi connectivity index (χ0) is 13.5. The Labute approximate surface area is 127 Å². The van der Waals surface area contributed by atoms with Gasteiger partial charge in [0, 0.05) is 32.1 Å². The molecule has 3 heterocycles. The van der Waals surface area contributed by atoms with Gasteiger partial charge in [0.15, 0.2) is 0 Å². The van der Waals surface area contributed by atoms with E-state index >= 15 is 0 Å². The number of imidazole rings is 1. The van der Waals surface area contributed by atoms with Crippen molar-refractivity contribution in [3.05, 3.63) is 28.6 Å². The number of halogens is 1. The first-order valence-corrected chi connectivity index (χ1v) is 8.26. The van der Waals surface area contributed by atoms with Gasteiger partial charge in [0.2, 0.25) is 0 Å². The van der Waals surface area contributed by atoms with Crippen molar-refractivity contribution >= 4 is 27.3 Å². The lowest BCUT2D eigenvalue weighted by atomic mass is 9.85. The molecule has 20 heavy (non-hydrogen) atoms. The van der Waals surface area contributed by atoms with Crippen LogP contribution in [0.3, 0.4) is 0 Å². The first-order chi connectivity index (χ1) is 9.84. The molecule has 106 valence electrons. The van der Waals surface area contributed by atoms with E-state index < -0.39 is 0 Å². The highest BCUT2D eigenvalue weighted by Crippen LogP contribution is 2.39. The Hall–Kier alpha value is -1.07. The van der Waals surface area contributed by atoms with Crippen molar-refractivity contribution in [2.24, 2.45) is 0 Å². The molecule has 0 bridgehead atoms. The standard InChI is InChI=1S/C15H19BrN4/c16-14-12-5-2-6-13(19-9-7-17-8-10-19)20(12)15(18-14)11-3-1-4-11/h2,5-6,11,17H,1,3-4,7-10H2. The summed E-state index contributed by atoms with van der Waals surface area (Å²) in [4.78, 5) is 7.28. The van der Waals surface area contributed by atoms with E-state index in [0.29, 0.717) is 5.92 Å². The molecule has 1 N–H and O–H groups in total. The fourth-order valence-corrected chi connectivity index (χ4v) is 3.68. The van der Waals surface area contributed by atoms with E-state index in [1.165, 1.54) is 36.4 Å². The van der Waals surface area contributed by atoms with Crippen LogP contribution in [0, 0.1) is 0 Å². The summed E-state index contributed by atoms with van der Waals surface area (Å²) in [6.07, 6.45) is 3.90. The zero-order valence-corrected chi connectivity index (χ0v) is 13.1. The van der Waals surface area contributed by atoms with E-state index in [1.807, 2.05) is 0 Å². The van der Waals surface area contributed by atoms with Gasteiger partial charge in [-0.15, -0.1) is 0 Å². The van der Waals surface area contributed by atoms with Crippen LogP contribution in [-0.4, -0.2) is 35.6 Å². The molecular weight excluding hydrogens is 316 g/mol. The van der Waals surface area contributed by atoms with Gasteiger partial charge in [-0.1, -0.05) is 12.5 Å². The number of nitrogens with one attached hydrogen (secondary N) is 1. The molecule has 5 heteroatoms. The third kappa shape index (κ3) is 1.95. The van der Waals surface area contributed by atoms with Crippen molar-refractivity contribution < 1.29 is 0 Å². The van der Waals surface area contributed by atoms with Gasteiger partial charge in [0.25, 0.3) is 0 Å². The van der Waals surface area contributed by atoms with Crippen molar-refractivity contribution in [1.29, 1.82) is 0 Å². The van der Waals surface area contributed by atoms with Crippen LogP contribution in [0.1, 0.15) is 31.0 Å². The predicted molar refractivity (Wildman–Crippen MR) is 84.6 cm³/mol. The lowest BCUT2D eigenvalue weighted by Crippen LogP contribution is -2.44. The number of hydrogen-bond donors (Lipinski definition) is 1. The molecule has 0 aromatic carbocycles. The van der Waals surface area contributed by atoms with E-state index in [4.69, 9.17) is 4.98 Å². The Morgan fingerprint density at radius 3 is 2.70 bits per heavy atom. The molecular formula is C15H19BrN4. The Morgan fingerprint density at radius 1 is 1.20 bits per heavy atom. The third-order valence-corrected chi connectivity index (χ3v) is 5.12. The van der Waals surface area contributed by atoms with E-state index in [0.717, 1.165) is 30.8 Å². The first kappa shape index (κ1) is 12.7. The summed E-state index contributed by atoms with van der Waals surface area (Å²) in [5.74, 6) is 3.18. The fourth-order valence-electron chi connectivity index (χ4n) is 3.19. The lowest BCUT2D eigenvalue weighted by molar-refractivity contribution is 0.400. The zero-order valence-electron chi connectivity index (χ0n) is 11.5. The Morgan fingerprint density at radius 2 is 2.00 bits per heavy atom. The number of pyridine rings is 1. The quantitative estimate of drug-likeness (QED) is 0.916. The van der Waals surface area contributed by atoms with Crippen LogP contribution in [-0.2, 0) is 0 Å². The number of nitrogens with zero attached hydrogens (tertiary/aromatic N) is 3. The van der Waals surface area contributed by atoms with Crippen LogP contribution in [0.25, 0.3) is 5.52 Å². The monoisotopic (exact) mass is 334 g/mol. The average Bonchev–Trinajstić information content (AvgIpc) is 2.76. The van der Waals surface area contributed by atoms with E-state index in [2.05, 4.69) is 48.7 Å². The highest BCUT2D eigenvalue weighted by atomic mass is 79.9. The van der Waals surface area contributed by atoms with Crippen LogP contribution in [0.2, 0.25) is 0 Å². The van der Waals surface area contributed by atoms with Gasteiger partial charge in [-0.2, -0.15) is 0 Å². The Balaban J connectivity index is 1.86. The second-order valence-corrected chi connectivity index (χ2v) is 6.48. The van der Waals surface area contributed by atoms with Crippen LogP contribution in [0.15, 0.2) is 22.8 Å². The van der Waals surface area contributed by atoms with E-state index in [-0.39, 0.29) is 0 Å². The topological polar surface area (TPSA) is 32.6 Å². The van der Waals surface area contributed by atoms with Crippen molar-refractivity contribution in [2.45, 2.75) is 25.2 Å². The minimum absolute atomic E-state index is 0.637. The predicted octanol–water partition coefficient (Wildman–Crippen LogP) is 2.77.